The molecule has 0 aliphatic rings. The number of ether oxygens (including phenoxy) is 2. The van der Waals surface area contributed by atoms with Crippen LogP contribution in [0.15, 0.2) is 18.2 Å². The van der Waals surface area contributed by atoms with Crippen LogP contribution < -0.4 is 14.8 Å². The van der Waals surface area contributed by atoms with Crippen molar-refractivity contribution >= 4 is 23.4 Å². The summed E-state index contributed by atoms with van der Waals surface area (Å²) >= 11 is 1.48. The highest BCUT2D eigenvalue weighted by atomic mass is 32.2. The number of hydrogen-bond donors (Lipinski definition) is 1. The zero-order valence-corrected chi connectivity index (χ0v) is 11.8. The third-order valence-electron chi connectivity index (χ3n) is 2.11. The molecule has 0 saturated carbocycles. The molecule has 0 radical (unpaired) electrons. The Hall–Kier alpha value is -1.36. The molecule has 1 amide bonds. The van der Waals surface area contributed by atoms with Gasteiger partial charge in [-0.1, -0.05) is 0 Å². The Bertz CT molecular complexity index is 396. The van der Waals surface area contributed by atoms with E-state index in [1.807, 2.05) is 32.2 Å². The number of hydrogen-bond acceptors (Lipinski definition) is 4. The summed E-state index contributed by atoms with van der Waals surface area (Å²) in [6.45, 7) is 4.97. The zero-order chi connectivity index (χ0) is 13.4. The van der Waals surface area contributed by atoms with Gasteiger partial charge in [0.25, 0.3) is 0 Å². The highest BCUT2D eigenvalue weighted by molar-refractivity contribution is 7.99. The van der Waals surface area contributed by atoms with Crippen molar-refractivity contribution in [2.45, 2.75) is 13.8 Å². The first kappa shape index (κ1) is 14.7. The summed E-state index contributed by atoms with van der Waals surface area (Å²) in [5, 5.41) is 2.83. The Morgan fingerprint density at radius 2 is 2.00 bits per heavy atom. The summed E-state index contributed by atoms with van der Waals surface area (Å²) in [5.41, 5.74) is 0.654. The lowest BCUT2D eigenvalue weighted by Gasteiger charge is -2.13. The molecule has 4 nitrogen and oxygen atoms in total. The van der Waals surface area contributed by atoms with Gasteiger partial charge in [0.05, 0.1) is 24.7 Å². The van der Waals surface area contributed by atoms with Crippen LogP contribution in [0.1, 0.15) is 13.8 Å². The molecule has 0 atom stereocenters. The molecule has 0 aliphatic carbocycles. The number of carbonyl (C=O) groups is 1. The molecule has 0 aromatic heterocycles. The minimum absolute atomic E-state index is 0.0444. The van der Waals surface area contributed by atoms with Gasteiger partial charge in [0.2, 0.25) is 5.91 Å². The SMILES string of the molecule is CCOc1ccc(OCC)c(NC(=O)CSC)c1. The number of nitrogens with one attached hydrogen (secondary N) is 1. The molecule has 0 bridgehead atoms. The molecule has 0 unspecified atom stereocenters. The van der Waals surface area contributed by atoms with Crippen molar-refractivity contribution in [3.63, 3.8) is 0 Å². The van der Waals surface area contributed by atoms with Gasteiger partial charge in [0.1, 0.15) is 11.5 Å². The molecule has 18 heavy (non-hydrogen) atoms. The molecule has 0 saturated heterocycles. The van der Waals surface area contributed by atoms with Crippen LogP contribution in [0.2, 0.25) is 0 Å². The van der Waals surface area contributed by atoms with Crippen LogP contribution in [-0.2, 0) is 4.79 Å². The lowest BCUT2D eigenvalue weighted by molar-refractivity contribution is -0.113. The Morgan fingerprint density at radius 1 is 1.28 bits per heavy atom. The van der Waals surface area contributed by atoms with Crippen LogP contribution in [0, 0.1) is 0 Å². The predicted octanol–water partition coefficient (Wildman–Crippen LogP) is 2.79. The highest BCUT2D eigenvalue weighted by Crippen LogP contribution is 2.29. The maximum absolute atomic E-state index is 11.6. The Labute approximate surface area is 112 Å². The normalized spacial score (nSPS) is 9.94. The fourth-order valence-electron chi connectivity index (χ4n) is 1.46. The van der Waals surface area contributed by atoms with Crippen molar-refractivity contribution in [3.05, 3.63) is 18.2 Å². The van der Waals surface area contributed by atoms with Gasteiger partial charge in [-0.3, -0.25) is 4.79 Å². The quantitative estimate of drug-likeness (QED) is 0.827. The minimum Gasteiger partial charge on any atom is -0.494 e. The second-order valence-corrected chi connectivity index (χ2v) is 4.37. The van der Waals surface area contributed by atoms with E-state index >= 15 is 0 Å². The second-order valence-electron chi connectivity index (χ2n) is 3.51. The van der Waals surface area contributed by atoms with Gasteiger partial charge in [0.15, 0.2) is 0 Å². The van der Waals surface area contributed by atoms with Crippen LogP contribution >= 0.6 is 11.8 Å². The molecule has 5 heteroatoms. The first-order valence-electron chi connectivity index (χ1n) is 5.89. The summed E-state index contributed by atoms with van der Waals surface area (Å²) in [4.78, 5) is 11.6. The number of carbonyl (C=O) groups excluding carboxylic acids is 1. The van der Waals surface area contributed by atoms with Gasteiger partial charge in [0, 0.05) is 6.07 Å². The van der Waals surface area contributed by atoms with Crippen molar-refractivity contribution in [2.24, 2.45) is 0 Å². The highest BCUT2D eigenvalue weighted by Gasteiger charge is 2.09. The lowest BCUT2D eigenvalue weighted by atomic mass is 10.2. The van der Waals surface area contributed by atoms with Crippen molar-refractivity contribution in [1.29, 1.82) is 0 Å². The van der Waals surface area contributed by atoms with Crippen molar-refractivity contribution < 1.29 is 14.3 Å². The smallest absolute Gasteiger partial charge is 0.234 e. The monoisotopic (exact) mass is 269 g/mol. The molecule has 100 valence electrons. The number of benzene rings is 1. The number of amides is 1. The van der Waals surface area contributed by atoms with Gasteiger partial charge in [-0.15, -0.1) is 0 Å². The van der Waals surface area contributed by atoms with Crippen molar-refractivity contribution in [1.82, 2.24) is 0 Å². The lowest BCUT2D eigenvalue weighted by Crippen LogP contribution is -2.14. The number of thioether (sulfide) groups is 1. The molecule has 0 heterocycles. The standard InChI is InChI=1S/C13H19NO3S/c1-4-16-10-6-7-12(17-5-2)11(8-10)14-13(15)9-18-3/h6-8H,4-5,9H2,1-3H3,(H,14,15). The topological polar surface area (TPSA) is 47.6 Å². The second kappa shape index (κ2) is 7.87. The van der Waals surface area contributed by atoms with Crippen LogP contribution in [0.3, 0.4) is 0 Å². The zero-order valence-electron chi connectivity index (χ0n) is 11.0. The first-order chi connectivity index (χ1) is 8.71. The molecular weight excluding hydrogens is 250 g/mol. The third kappa shape index (κ3) is 4.49. The molecule has 1 aromatic carbocycles. The summed E-state index contributed by atoms with van der Waals surface area (Å²) in [5.74, 6) is 1.76. The van der Waals surface area contributed by atoms with E-state index in [0.717, 1.165) is 5.75 Å². The largest absolute Gasteiger partial charge is 0.494 e. The molecule has 1 aromatic rings. The minimum atomic E-state index is -0.0444. The molecule has 0 aliphatic heterocycles. The van der Waals surface area contributed by atoms with E-state index in [0.29, 0.717) is 30.4 Å². The molecule has 1 N–H and O–H groups in total. The predicted molar refractivity (Wildman–Crippen MR) is 75.8 cm³/mol. The van der Waals surface area contributed by atoms with Crippen LogP contribution in [-0.4, -0.2) is 31.1 Å². The third-order valence-corrected chi connectivity index (χ3v) is 2.66. The first-order valence-corrected chi connectivity index (χ1v) is 7.29. The maximum atomic E-state index is 11.6. The Morgan fingerprint density at radius 3 is 2.61 bits per heavy atom. The van der Waals surface area contributed by atoms with Gasteiger partial charge >= 0.3 is 0 Å². The molecule has 1 rings (SSSR count). The molecular formula is C13H19NO3S. The van der Waals surface area contributed by atoms with E-state index in [9.17, 15) is 4.79 Å². The van der Waals surface area contributed by atoms with Gasteiger partial charge in [-0.25, -0.2) is 0 Å². The summed E-state index contributed by atoms with van der Waals surface area (Å²) in [6.07, 6.45) is 1.89. The fourth-order valence-corrected chi connectivity index (χ4v) is 1.80. The van der Waals surface area contributed by atoms with E-state index in [1.54, 1.807) is 6.07 Å². The van der Waals surface area contributed by atoms with Gasteiger partial charge in [-0.2, -0.15) is 11.8 Å². The summed E-state index contributed by atoms with van der Waals surface area (Å²) < 4.78 is 10.9. The average Bonchev–Trinajstić information content (AvgIpc) is 2.33. The van der Waals surface area contributed by atoms with Crippen molar-refractivity contribution in [2.75, 3.05) is 30.5 Å². The van der Waals surface area contributed by atoms with E-state index in [4.69, 9.17) is 9.47 Å². The number of rotatable bonds is 7. The van der Waals surface area contributed by atoms with E-state index < -0.39 is 0 Å². The van der Waals surface area contributed by atoms with E-state index in [-0.39, 0.29) is 5.91 Å². The average molecular weight is 269 g/mol. The molecule has 0 spiro atoms. The summed E-state index contributed by atoms with van der Waals surface area (Å²) in [7, 11) is 0. The fraction of sp³-hybridized carbons (Fsp3) is 0.462. The van der Waals surface area contributed by atoms with Crippen LogP contribution in [0.25, 0.3) is 0 Å². The van der Waals surface area contributed by atoms with Gasteiger partial charge in [-0.05, 0) is 32.2 Å². The van der Waals surface area contributed by atoms with E-state index in [2.05, 4.69) is 5.32 Å². The Kier molecular flexibility index (Phi) is 6.43. The van der Waals surface area contributed by atoms with Crippen LogP contribution in [0.4, 0.5) is 5.69 Å². The molecule has 0 fully saturated rings. The van der Waals surface area contributed by atoms with Gasteiger partial charge < -0.3 is 14.8 Å². The number of anilines is 1. The maximum Gasteiger partial charge on any atom is 0.234 e. The Balaban J connectivity index is 2.88. The van der Waals surface area contributed by atoms with E-state index in [1.165, 1.54) is 11.8 Å². The summed E-state index contributed by atoms with van der Waals surface area (Å²) in [6, 6.07) is 5.43. The van der Waals surface area contributed by atoms with Crippen LogP contribution in [0.5, 0.6) is 11.5 Å². The van der Waals surface area contributed by atoms with Crippen molar-refractivity contribution in [3.8, 4) is 11.5 Å².